The first-order valence-corrected chi connectivity index (χ1v) is 4.15. The van der Waals surface area contributed by atoms with Crippen LogP contribution in [-0.4, -0.2) is 24.3 Å². The molecule has 1 saturated heterocycles. The molecule has 3 nitrogen and oxygen atoms in total. The Kier molecular flexibility index (Phi) is 1.82. The van der Waals surface area contributed by atoms with Gasteiger partial charge < -0.3 is 4.74 Å². The van der Waals surface area contributed by atoms with Crippen molar-refractivity contribution in [1.82, 2.24) is 0 Å². The Bertz CT molecular complexity index is 266. The molecular formula is C8H8F2O3. The number of halogens is 2. The van der Waals surface area contributed by atoms with Crippen molar-refractivity contribution in [2.75, 3.05) is 0 Å². The molecule has 0 spiro atoms. The van der Waals surface area contributed by atoms with Gasteiger partial charge in [0, 0.05) is 0 Å². The van der Waals surface area contributed by atoms with Crippen LogP contribution in [0.3, 0.4) is 0 Å². The highest BCUT2D eigenvalue weighted by Gasteiger charge is 2.54. The van der Waals surface area contributed by atoms with E-state index >= 15 is 0 Å². The fourth-order valence-corrected chi connectivity index (χ4v) is 1.93. The first kappa shape index (κ1) is 8.59. The van der Waals surface area contributed by atoms with E-state index in [1.54, 1.807) is 0 Å². The zero-order chi connectivity index (χ0) is 9.59. The summed E-state index contributed by atoms with van der Waals surface area (Å²) >= 11 is 0. The summed E-state index contributed by atoms with van der Waals surface area (Å²) in [7, 11) is 0. The molecule has 72 valence electrons. The minimum atomic E-state index is -1.88. The maximum Gasteiger partial charge on any atom is 0.320 e. The topological polar surface area (TPSA) is 43.4 Å². The van der Waals surface area contributed by atoms with E-state index in [0.717, 1.165) is 0 Å². The molecular weight excluding hydrogens is 182 g/mol. The standard InChI is InChI=1S/C8H8F2O3/c9-4-2-1-3-5(6(4)10)8(12)13-7(3)11/h3-6H,1-2H2. The quantitative estimate of drug-likeness (QED) is 0.418. The maximum absolute atomic E-state index is 13.1. The van der Waals surface area contributed by atoms with Crippen LogP contribution >= 0.6 is 0 Å². The van der Waals surface area contributed by atoms with E-state index in [1.165, 1.54) is 0 Å². The van der Waals surface area contributed by atoms with E-state index in [9.17, 15) is 18.4 Å². The molecule has 2 fully saturated rings. The summed E-state index contributed by atoms with van der Waals surface area (Å²) in [5.41, 5.74) is 0. The Morgan fingerprint density at radius 2 is 1.85 bits per heavy atom. The number of rotatable bonds is 0. The second-order valence-corrected chi connectivity index (χ2v) is 3.41. The Hall–Kier alpha value is -1.00. The molecule has 1 saturated carbocycles. The third kappa shape index (κ3) is 1.14. The molecule has 0 aromatic heterocycles. The van der Waals surface area contributed by atoms with Crippen LogP contribution in [0.1, 0.15) is 12.8 Å². The molecule has 0 radical (unpaired) electrons. The van der Waals surface area contributed by atoms with Crippen molar-refractivity contribution in [3.05, 3.63) is 0 Å². The van der Waals surface area contributed by atoms with Gasteiger partial charge in [-0.2, -0.15) is 0 Å². The Morgan fingerprint density at radius 1 is 1.15 bits per heavy atom. The molecule has 0 aromatic carbocycles. The second-order valence-electron chi connectivity index (χ2n) is 3.41. The molecule has 1 heterocycles. The SMILES string of the molecule is O=C1OC(=O)C2C1CCC(F)C2F. The van der Waals surface area contributed by atoms with Gasteiger partial charge in [-0.15, -0.1) is 0 Å². The van der Waals surface area contributed by atoms with Crippen molar-refractivity contribution in [3.8, 4) is 0 Å². The fraction of sp³-hybridized carbons (Fsp3) is 0.750. The van der Waals surface area contributed by atoms with Crippen LogP contribution in [-0.2, 0) is 14.3 Å². The first-order valence-electron chi connectivity index (χ1n) is 4.15. The van der Waals surface area contributed by atoms with E-state index < -0.39 is 36.1 Å². The average Bonchev–Trinajstić information content (AvgIpc) is 2.35. The Labute approximate surface area is 73.0 Å². The van der Waals surface area contributed by atoms with E-state index in [1.807, 2.05) is 0 Å². The van der Waals surface area contributed by atoms with Crippen molar-refractivity contribution >= 4 is 11.9 Å². The van der Waals surface area contributed by atoms with E-state index in [4.69, 9.17) is 0 Å². The lowest BCUT2D eigenvalue weighted by molar-refractivity contribution is -0.154. The predicted octanol–water partition coefficient (Wildman–Crippen LogP) is 0.772. The van der Waals surface area contributed by atoms with Crippen LogP contribution < -0.4 is 0 Å². The minimum Gasteiger partial charge on any atom is -0.393 e. The molecule has 1 aliphatic carbocycles. The lowest BCUT2D eigenvalue weighted by atomic mass is 9.79. The average molecular weight is 190 g/mol. The van der Waals surface area contributed by atoms with Gasteiger partial charge in [-0.25, -0.2) is 8.78 Å². The minimum absolute atomic E-state index is 0.00921. The molecule has 4 unspecified atom stereocenters. The summed E-state index contributed by atoms with van der Waals surface area (Å²) < 4.78 is 30.2. The molecule has 0 N–H and O–H groups in total. The summed E-state index contributed by atoms with van der Waals surface area (Å²) in [5.74, 6) is -3.57. The first-order chi connectivity index (χ1) is 6.11. The van der Waals surface area contributed by atoms with Crippen LogP contribution in [0.2, 0.25) is 0 Å². The number of hydrogen-bond donors (Lipinski definition) is 0. The Morgan fingerprint density at radius 3 is 2.54 bits per heavy atom. The third-order valence-electron chi connectivity index (χ3n) is 2.65. The van der Waals surface area contributed by atoms with Crippen LogP contribution in [0.4, 0.5) is 8.78 Å². The molecule has 0 bridgehead atoms. The lowest BCUT2D eigenvalue weighted by Gasteiger charge is -2.26. The number of hydrogen-bond acceptors (Lipinski definition) is 3. The van der Waals surface area contributed by atoms with Gasteiger partial charge in [-0.05, 0) is 12.8 Å². The molecule has 4 atom stereocenters. The van der Waals surface area contributed by atoms with Gasteiger partial charge in [-0.3, -0.25) is 9.59 Å². The lowest BCUT2D eigenvalue weighted by Crippen LogP contribution is -2.39. The monoisotopic (exact) mass is 190 g/mol. The summed E-state index contributed by atoms with van der Waals surface area (Å²) in [6, 6.07) is 0. The normalized spacial score (nSPS) is 44.5. The van der Waals surface area contributed by atoms with Crippen molar-refractivity contribution < 1.29 is 23.1 Å². The van der Waals surface area contributed by atoms with Crippen LogP contribution in [0, 0.1) is 11.8 Å². The number of ether oxygens (including phenoxy) is 1. The van der Waals surface area contributed by atoms with Crippen LogP contribution in [0.5, 0.6) is 0 Å². The highest BCUT2D eigenvalue weighted by Crippen LogP contribution is 2.39. The Balaban J connectivity index is 2.25. The fourth-order valence-electron chi connectivity index (χ4n) is 1.93. The van der Waals surface area contributed by atoms with Crippen LogP contribution in [0.25, 0.3) is 0 Å². The van der Waals surface area contributed by atoms with Crippen molar-refractivity contribution in [2.24, 2.45) is 11.8 Å². The number of fused-ring (bicyclic) bond motifs is 1. The van der Waals surface area contributed by atoms with Crippen LogP contribution in [0.15, 0.2) is 0 Å². The molecule has 0 amide bonds. The molecule has 2 aliphatic rings. The van der Waals surface area contributed by atoms with Crippen molar-refractivity contribution in [1.29, 1.82) is 0 Å². The molecule has 0 aromatic rings. The van der Waals surface area contributed by atoms with Gasteiger partial charge in [0.05, 0.1) is 5.92 Å². The number of carbonyl (C=O) groups excluding carboxylic acids is 2. The van der Waals surface area contributed by atoms with Gasteiger partial charge in [0.15, 0.2) is 0 Å². The second kappa shape index (κ2) is 2.75. The number of alkyl halides is 2. The molecule has 2 rings (SSSR count). The maximum atomic E-state index is 13.1. The van der Waals surface area contributed by atoms with Gasteiger partial charge in [0.2, 0.25) is 0 Å². The molecule has 1 aliphatic heterocycles. The number of esters is 2. The van der Waals surface area contributed by atoms with Gasteiger partial charge >= 0.3 is 11.9 Å². The molecule has 13 heavy (non-hydrogen) atoms. The summed E-state index contributed by atoms with van der Waals surface area (Å²) in [5, 5.41) is 0. The third-order valence-corrected chi connectivity index (χ3v) is 2.65. The summed E-state index contributed by atoms with van der Waals surface area (Å²) in [6.45, 7) is 0. The summed E-state index contributed by atoms with van der Waals surface area (Å²) in [6.07, 6.45) is -3.32. The predicted molar refractivity (Wildman–Crippen MR) is 37.1 cm³/mol. The van der Waals surface area contributed by atoms with Gasteiger partial charge in [0.1, 0.15) is 18.3 Å². The number of carbonyl (C=O) groups is 2. The van der Waals surface area contributed by atoms with Crippen molar-refractivity contribution in [3.63, 3.8) is 0 Å². The zero-order valence-corrected chi connectivity index (χ0v) is 6.70. The highest BCUT2D eigenvalue weighted by atomic mass is 19.2. The smallest absolute Gasteiger partial charge is 0.320 e. The van der Waals surface area contributed by atoms with Gasteiger partial charge in [-0.1, -0.05) is 0 Å². The van der Waals surface area contributed by atoms with E-state index in [0.29, 0.717) is 0 Å². The van der Waals surface area contributed by atoms with E-state index in [2.05, 4.69) is 4.74 Å². The molecule has 5 heteroatoms. The number of cyclic esters (lactones) is 2. The van der Waals surface area contributed by atoms with Gasteiger partial charge in [0.25, 0.3) is 0 Å². The van der Waals surface area contributed by atoms with Crippen molar-refractivity contribution in [2.45, 2.75) is 25.2 Å². The summed E-state index contributed by atoms with van der Waals surface area (Å²) in [4.78, 5) is 21.9. The zero-order valence-electron chi connectivity index (χ0n) is 6.70. The van der Waals surface area contributed by atoms with E-state index in [-0.39, 0.29) is 12.8 Å². The largest absolute Gasteiger partial charge is 0.393 e. The highest BCUT2D eigenvalue weighted by molar-refractivity contribution is 5.97.